The summed E-state index contributed by atoms with van der Waals surface area (Å²) in [5, 5.41) is 2.84. The molecule has 0 spiro atoms. The Labute approximate surface area is 91.9 Å². The molecule has 1 amide bonds. The van der Waals surface area contributed by atoms with Crippen LogP contribution in [0.2, 0.25) is 0 Å². The quantitative estimate of drug-likeness (QED) is 0.832. The van der Waals surface area contributed by atoms with Crippen LogP contribution in [0.15, 0.2) is 24.3 Å². The maximum Gasteiger partial charge on any atom is 0.251 e. The molecular weight excluding hydrogens is 277 g/mol. The molecule has 0 saturated carbocycles. The number of benzene rings is 1. The van der Waals surface area contributed by atoms with Crippen molar-refractivity contribution >= 4 is 28.5 Å². The van der Waals surface area contributed by atoms with Crippen molar-refractivity contribution in [1.29, 1.82) is 0 Å². The minimum Gasteiger partial charge on any atom is -0.350 e. The first kappa shape index (κ1) is 10.5. The number of nitrogens with one attached hydrogen (secondary N) is 1. The average Bonchev–Trinajstić information content (AvgIpc) is 2.04. The molecule has 13 heavy (non-hydrogen) atoms. The second-order valence-corrected chi connectivity index (χ2v) is 4.38. The van der Waals surface area contributed by atoms with E-state index in [0.717, 1.165) is 3.57 Å². The summed E-state index contributed by atoms with van der Waals surface area (Å²) in [5.41, 5.74) is 0.717. The minimum absolute atomic E-state index is 0.00796. The summed E-state index contributed by atoms with van der Waals surface area (Å²) in [4.78, 5) is 11.5. The molecule has 0 atom stereocenters. The number of hydrogen-bond acceptors (Lipinski definition) is 1. The van der Waals surface area contributed by atoms with Gasteiger partial charge in [-0.2, -0.15) is 0 Å². The highest BCUT2D eigenvalue weighted by molar-refractivity contribution is 14.1. The van der Waals surface area contributed by atoms with Gasteiger partial charge in [0.25, 0.3) is 5.91 Å². The highest BCUT2D eigenvalue weighted by atomic mass is 127. The molecule has 0 unspecified atom stereocenters. The van der Waals surface area contributed by atoms with Gasteiger partial charge in [0.05, 0.1) is 0 Å². The van der Waals surface area contributed by atoms with Gasteiger partial charge in [-0.25, -0.2) is 0 Å². The van der Waals surface area contributed by atoms with Gasteiger partial charge in [-0.05, 0) is 60.7 Å². The zero-order chi connectivity index (χ0) is 9.84. The summed E-state index contributed by atoms with van der Waals surface area (Å²) in [5.74, 6) is -0.00796. The SMILES string of the molecule is CC(C)NC(=O)c1ccc(I)cc1. The molecule has 1 aromatic rings. The lowest BCUT2D eigenvalue weighted by molar-refractivity contribution is 0.0943. The fourth-order valence-electron chi connectivity index (χ4n) is 0.947. The van der Waals surface area contributed by atoms with E-state index in [1.165, 1.54) is 0 Å². The Morgan fingerprint density at radius 1 is 1.31 bits per heavy atom. The van der Waals surface area contributed by atoms with Gasteiger partial charge in [-0.15, -0.1) is 0 Å². The molecule has 0 aliphatic carbocycles. The Balaban J connectivity index is 2.72. The van der Waals surface area contributed by atoms with E-state index in [0.29, 0.717) is 5.56 Å². The van der Waals surface area contributed by atoms with Crippen LogP contribution in [0.3, 0.4) is 0 Å². The van der Waals surface area contributed by atoms with Crippen molar-refractivity contribution in [3.05, 3.63) is 33.4 Å². The van der Waals surface area contributed by atoms with E-state index in [1.54, 1.807) is 0 Å². The first-order valence-electron chi connectivity index (χ1n) is 4.16. The van der Waals surface area contributed by atoms with Crippen LogP contribution in [0.25, 0.3) is 0 Å². The number of amides is 1. The first-order valence-corrected chi connectivity index (χ1v) is 5.24. The van der Waals surface area contributed by atoms with Crippen molar-refractivity contribution in [1.82, 2.24) is 5.32 Å². The Hall–Kier alpha value is -0.580. The van der Waals surface area contributed by atoms with Crippen LogP contribution >= 0.6 is 22.6 Å². The smallest absolute Gasteiger partial charge is 0.251 e. The average molecular weight is 289 g/mol. The lowest BCUT2D eigenvalue weighted by atomic mass is 10.2. The van der Waals surface area contributed by atoms with E-state index in [2.05, 4.69) is 27.9 Å². The molecule has 0 aliphatic rings. The molecule has 0 saturated heterocycles. The molecule has 3 heteroatoms. The third-order valence-corrected chi connectivity index (χ3v) is 2.25. The predicted molar refractivity (Wildman–Crippen MR) is 61.8 cm³/mol. The first-order chi connectivity index (χ1) is 6.09. The summed E-state index contributed by atoms with van der Waals surface area (Å²) < 4.78 is 1.14. The monoisotopic (exact) mass is 289 g/mol. The number of halogens is 1. The van der Waals surface area contributed by atoms with Crippen molar-refractivity contribution in [2.45, 2.75) is 19.9 Å². The topological polar surface area (TPSA) is 29.1 Å². The highest BCUT2D eigenvalue weighted by Crippen LogP contribution is 2.06. The van der Waals surface area contributed by atoms with E-state index in [1.807, 2.05) is 38.1 Å². The van der Waals surface area contributed by atoms with Gasteiger partial charge >= 0.3 is 0 Å². The van der Waals surface area contributed by atoms with E-state index in [9.17, 15) is 4.79 Å². The highest BCUT2D eigenvalue weighted by Gasteiger charge is 2.05. The number of carbonyl (C=O) groups is 1. The van der Waals surface area contributed by atoms with Crippen LogP contribution < -0.4 is 5.32 Å². The van der Waals surface area contributed by atoms with E-state index in [4.69, 9.17) is 0 Å². The van der Waals surface area contributed by atoms with Gasteiger partial charge in [-0.1, -0.05) is 0 Å². The number of hydrogen-bond donors (Lipinski definition) is 1. The molecule has 0 heterocycles. The van der Waals surface area contributed by atoms with Crippen molar-refractivity contribution in [3.8, 4) is 0 Å². The second-order valence-electron chi connectivity index (χ2n) is 3.14. The molecule has 1 aromatic carbocycles. The van der Waals surface area contributed by atoms with E-state index in [-0.39, 0.29) is 11.9 Å². The van der Waals surface area contributed by atoms with Crippen molar-refractivity contribution in [2.75, 3.05) is 0 Å². The van der Waals surface area contributed by atoms with Crippen LogP contribution in [0.4, 0.5) is 0 Å². The molecular formula is C10H12INO. The maximum atomic E-state index is 11.5. The van der Waals surface area contributed by atoms with Crippen molar-refractivity contribution < 1.29 is 4.79 Å². The maximum absolute atomic E-state index is 11.5. The van der Waals surface area contributed by atoms with Crippen LogP contribution in [0, 0.1) is 3.57 Å². The lowest BCUT2D eigenvalue weighted by Crippen LogP contribution is -2.29. The zero-order valence-electron chi connectivity index (χ0n) is 7.67. The molecule has 2 nitrogen and oxygen atoms in total. The number of carbonyl (C=O) groups excluding carboxylic acids is 1. The van der Waals surface area contributed by atoms with Crippen molar-refractivity contribution in [3.63, 3.8) is 0 Å². The van der Waals surface area contributed by atoms with E-state index < -0.39 is 0 Å². The second kappa shape index (κ2) is 4.60. The minimum atomic E-state index is -0.00796. The number of rotatable bonds is 2. The van der Waals surface area contributed by atoms with Gasteiger partial charge in [0, 0.05) is 15.2 Å². The van der Waals surface area contributed by atoms with Gasteiger partial charge < -0.3 is 5.32 Å². The lowest BCUT2D eigenvalue weighted by Gasteiger charge is -2.07. The van der Waals surface area contributed by atoms with Crippen LogP contribution in [0.1, 0.15) is 24.2 Å². The summed E-state index contributed by atoms with van der Waals surface area (Å²) in [6.45, 7) is 3.90. The molecule has 0 aromatic heterocycles. The van der Waals surface area contributed by atoms with Gasteiger partial charge in [-0.3, -0.25) is 4.79 Å². The zero-order valence-corrected chi connectivity index (χ0v) is 9.83. The van der Waals surface area contributed by atoms with Gasteiger partial charge in [0.2, 0.25) is 0 Å². The van der Waals surface area contributed by atoms with Gasteiger partial charge in [0.15, 0.2) is 0 Å². The Morgan fingerprint density at radius 3 is 2.31 bits per heavy atom. The Kier molecular flexibility index (Phi) is 3.71. The molecule has 0 bridgehead atoms. The van der Waals surface area contributed by atoms with Crippen LogP contribution in [-0.4, -0.2) is 11.9 Å². The molecule has 0 radical (unpaired) electrons. The fraction of sp³-hybridized carbons (Fsp3) is 0.300. The summed E-state index contributed by atoms with van der Waals surface area (Å²) in [6.07, 6.45) is 0. The Morgan fingerprint density at radius 2 is 1.85 bits per heavy atom. The van der Waals surface area contributed by atoms with Crippen LogP contribution in [-0.2, 0) is 0 Å². The summed E-state index contributed by atoms with van der Waals surface area (Å²) in [6, 6.07) is 7.71. The molecule has 1 rings (SSSR count). The third-order valence-electron chi connectivity index (χ3n) is 1.53. The predicted octanol–water partition coefficient (Wildman–Crippen LogP) is 2.43. The Bertz CT molecular complexity index is 292. The largest absolute Gasteiger partial charge is 0.350 e. The van der Waals surface area contributed by atoms with Crippen molar-refractivity contribution in [2.24, 2.45) is 0 Å². The molecule has 70 valence electrons. The third kappa shape index (κ3) is 3.34. The normalized spacial score (nSPS) is 10.2. The molecule has 0 fully saturated rings. The summed E-state index contributed by atoms with van der Waals surface area (Å²) >= 11 is 2.21. The fourth-order valence-corrected chi connectivity index (χ4v) is 1.31. The van der Waals surface area contributed by atoms with E-state index >= 15 is 0 Å². The van der Waals surface area contributed by atoms with Gasteiger partial charge in [0.1, 0.15) is 0 Å². The molecule has 0 aliphatic heterocycles. The molecule has 1 N–H and O–H groups in total. The van der Waals surface area contributed by atoms with Crippen LogP contribution in [0.5, 0.6) is 0 Å². The summed E-state index contributed by atoms with van der Waals surface area (Å²) in [7, 11) is 0. The standard InChI is InChI=1S/C10H12INO/c1-7(2)12-10(13)8-3-5-9(11)6-4-8/h3-7H,1-2H3,(H,12,13).